The molecule has 1 fully saturated rings. The summed E-state index contributed by atoms with van der Waals surface area (Å²) in [7, 11) is 0. The van der Waals surface area contributed by atoms with Crippen LogP contribution in [0.15, 0.2) is 18.2 Å². The molecule has 116 valence electrons. The van der Waals surface area contributed by atoms with Gasteiger partial charge >= 0.3 is 0 Å². The van der Waals surface area contributed by atoms with Gasteiger partial charge < -0.3 is 19.7 Å². The van der Waals surface area contributed by atoms with Crippen LogP contribution >= 0.6 is 11.8 Å². The van der Waals surface area contributed by atoms with Gasteiger partial charge in [0.15, 0.2) is 11.5 Å². The molecule has 1 saturated heterocycles. The first kappa shape index (κ1) is 15.0. The Morgan fingerprint density at radius 1 is 1.19 bits per heavy atom. The lowest BCUT2D eigenvalue weighted by atomic mass is 10.1. The summed E-state index contributed by atoms with van der Waals surface area (Å²) in [5.74, 6) is 4.29. The minimum atomic E-state index is 0.333. The van der Waals surface area contributed by atoms with Gasteiger partial charge in [0, 0.05) is 43.7 Å². The van der Waals surface area contributed by atoms with E-state index < -0.39 is 0 Å². The van der Waals surface area contributed by atoms with Crippen LogP contribution < -0.4 is 14.8 Å². The van der Waals surface area contributed by atoms with Crippen molar-refractivity contribution in [2.75, 3.05) is 50.9 Å². The molecular formula is C16H24N2O2S. The molecule has 0 amide bonds. The van der Waals surface area contributed by atoms with E-state index in [4.69, 9.17) is 9.47 Å². The molecule has 0 radical (unpaired) electrons. The topological polar surface area (TPSA) is 33.7 Å². The van der Waals surface area contributed by atoms with Crippen molar-refractivity contribution >= 4 is 11.8 Å². The van der Waals surface area contributed by atoms with Crippen LogP contribution in [0.3, 0.4) is 0 Å². The van der Waals surface area contributed by atoms with Gasteiger partial charge in [0.2, 0.25) is 0 Å². The molecule has 1 aromatic rings. The Morgan fingerprint density at radius 2 is 1.95 bits per heavy atom. The Kier molecular flexibility index (Phi) is 5.27. The second-order valence-electron chi connectivity index (χ2n) is 5.53. The highest BCUT2D eigenvalue weighted by Crippen LogP contribution is 2.32. The standard InChI is InChI=1S/C16H24N2O2S/c1-13(17-4-5-18-6-10-21-11-7-18)14-2-3-15-16(12-14)20-9-8-19-15/h2-3,12-13,17H,4-11H2,1H3. The van der Waals surface area contributed by atoms with E-state index in [0.29, 0.717) is 19.3 Å². The van der Waals surface area contributed by atoms with Gasteiger partial charge in [-0.2, -0.15) is 11.8 Å². The second kappa shape index (κ2) is 7.38. The minimum absolute atomic E-state index is 0.333. The number of rotatable bonds is 5. The van der Waals surface area contributed by atoms with E-state index in [2.05, 4.69) is 41.0 Å². The Morgan fingerprint density at radius 3 is 2.76 bits per heavy atom. The first-order chi connectivity index (χ1) is 10.3. The number of fused-ring (bicyclic) bond motifs is 1. The molecule has 2 heterocycles. The van der Waals surface area contributed by atoms with E-state index in [-0.39, 0.29) is 0 Å². The fourth-order valence-corrected chi connectivity index (χ4v) is 3.69. The van der Waals surface area contributed by atoms with Crippen LogP contribution in [-0.2, 0) is 0 Å². The van der Waals surface area contributed by atoms with Crippen LogP contribution in [0.5, 0.6) is 11.5 Å². The molecule has 1 atom stereocenters. The molecule has 0 aromatic heterocycles. The molecule has 4 nitrogen and oxygen atoms in total. The summed E-state index contributed by atoms with van der Waals surface area (Å²) < 4.78 is 11.2. The summed E-state index contributed by atoms with van der Waals surface area (Å²) in [4.78, 5) is 2.54. The molecule has 1 N–H and O–H groups in total. The average molecular weight is 308 g/mol. The predicted molar refractivity (Wildman–Crippen MR) is 87.6 cm³/mol. The first-order valence-electron chi connectivity index (χ1n) is 7.76. The summed E-state index contributed by atoms with van der Waals surface area (Å²) in [6.45, 7) is 8.11. The fourth-order valence-electron chi connectivity index (χ4n) is 2.71. The third kappa shape index (κ3) is 4.05. The van der Waals surface area contributed by atoms with Crippen molar-refractivity contribution in [3.05, 3.63) is 23.8 Å². The molecule has 1 aromatic carbocycles. The number of thioether (sulfide) groups is 1. The van der Waals surface area contributed by atoms with Crippen molar-refractivity contribution in [1.29, 1.82) is 0 Å². The van der Waals surface area contributed by atoms with Crippen molar-refractivity contribution in [3.63, 3.8) is 0 Å². The minimum Gasteiger partial charge on any atom is -0.486 e. The normalized spacial score (nSPS) is 20.2. The highest BCUT2D eigenvalue weighted by atomic mass is 32.2. The van der Waals surface area contributed by atoms with Gasteiger partial charge in [0.25, 0.3) is 0 Å². The van der Waals surface area contributed by atoms with Crippen LogP contribution in [0.25, 0.3) is 0 Å². The SMILES string of the molecule is CC(NCCN1CCSCC1)c1ccc2c(c1)OCCO2. The second-order valence-corrected chi connectivity index (χ2v) is 6.76. The van der Waals surface area contributed by atoms with Crippen molar-refractivity contribution < 1.29 is 9.47 Å². The molecule has 2 aliphatic heterocycles. The van der Waals surface area contributed by atoms with Gasteiger partial charge in [0.1, 0.15) is 13.2 Å². The Hall–Kier alpha value is -0.910. The average Bonchev–Trinajstić information content (AvgIpc) is 2.55. The summed E-state index contributed by atoms with van der Waals surface area (Å²) in [5.41, 5.74) is 1.26. The first-order valence-corrected chi connectivity index (χ1v) is 8.91. The Labute approximate surface area is 131 Å². The van der Waals surface area contributed by atoms with Gasteiger partial charge in [-0.15, -0.1) is 0 Å². The van der Waals surface area contributed by atoms with Crippen molar-refractivity contribution in [3.8, 4) is 11.5 Å². The van der Waals surface area contributed by atoms with Crippen molar-refractivity contribution in [2.45, 2.75) is 13.0 Å². The zero-order chi connectivity index (χ0) is 14.5. The van der Waals surface area contributed by atoms with E-state index in [9.17, 15) is 0 Å². The van der Waals surface area contributed by atoms with Gasteiger partial charge in [-0.05, 0) is 24.6 Å². The fraction of sp³-hybridized carbons (Fsp3) is 0.625. The summed E-state index contributed by atoms with van der Waals surface area (Å²) >= 11 is 2.06. The van der Waals surface area contributed by atoms with Crippen molar-refractivity contribution in [2.24, 2.45) is 0 Å². The lowest BCUT2D eigenvalue weighted by Gasteiger charge is -2.27. The third-order valence-electron chi connectivity index (χ3n) is 4.05. The van der Waals surface area contributed by atoms with E-state index >= 15 is 0 Å². The van der Waals surface area contributed by atoms with Gasteiger partial charge in [-0.1, -0.05) is 6.07 Å². The maximum atomic E-state index is 5.65. The van der Waals surface area contributed by atoms with E-state index in [1.165, 1.54) is 30.2 Å². The largest absolute Gasteiger partial charge is 0.486 e. The molecule has 2 aliphatic rings. The number of nitrogens with zero attached hydrogens (tertiary/aromatic N) is 1. The number of nitrogens with one attached hydrogen (secondary N) is 1. The molecule has 3 rings (SSSR count). The zero-order valence-corrected chi connectivity index (χ0v) is 13.5. The smallest absolute Gasteiger partial charge is 0.161 e. The molecule has 1 unspecified atom stereocenters. The lowest BCUT2D eigenvalue weighted by Crippen LogP contribution is -2.38. The maximum Gasteiger partial charge on any atom is 0.161 e. The number of hydrogen-bond acceptors (Lipinski definition) is 5. The van der Waals surface area contributed by atoms with Crippen LogP contribution in [-0.4, -0.2) is 55.8 Å². The maximum absolute atomic E-state index is 5.65. The number of hydrogen-bond donors (Lipinski definition) is 1. The quantitative estimate of drug-likeness (QED) is 0.901. The summed E-state index contributed by atoms with van der Waals surface area (Å²) in [5, 5.41) is 3.61. The molecule has 0 aliphatic carbocycles. The van der Waals surface area contributed by atoms with Crippen LogP contribution in [0.4, 0.5) is 0 Å². The van der Waals surface area contributed by atoms with E-state index in [0.717, 1.165) is 24.6 Å². The lowest BCUT2D eigenvalue weighted by molar-refractivity contribution is 0.171. The highest BCUT2D eigenvalue weighted by molar-refractivity contribution is 7.99. The molecule has 0 saturated carbocycles. The Balaban J connectivity index is 1.49. The molecule has 0 bridgehead atoms. The molecule has 21 heavy (non-hydrogen) atoms. The van der Waals surface area contributed by atoms with Gasteiger partial charge in [0.05, 0.1) is 0 Å². The van der Waals surface area contributed by atoms with Gasteiger partial charge in [-0.25, -0.2) is 0 Å². The zero-order valence-electron chi connectivity index (χ0n) is 12.6. The monoisotopic (exact) mass is 308 g/mol. The molecular weight excluding hydrogens is 284 g/mol. The predicted octanol–water partition coefficient (Wildman–Crippen LogP) is 2.16. The van der Waals surface area contributed by atoms with E-state index in [1.54, 1.807) is 0 Å². The Bertz CT molecular complexity index is 464. The third-order valence-corrected chi connectivity index (χ3v) is 4.99. The molecule has 0 spiro atoms. The number of benzene rings is 1. The number of ether oxygens (including phenoxy) is 2. The highest BCUT2D eigenvalue weighted by Gasteiger charge is 2.15. The van der Waals surface area contributed by atoms with Gasteiger partial charge in [-0.3, -0.25) is 0 Å². The van der Waals surface area contributed by atoms with Crippen LogP contribution in [0.1, 0.15) is 18.5 Å². The summed E-state index contributed by atoms with van der Waals surface area (Å²) in [6.07, 6.45) is 0. The van der Waals surface area contributed by atoms with Crippen molar-refractivity contribution in [1.82, 2.24) is 10.2 Å². The van der Waals surface area contributed by atoms with E-state index in [1.807, 2.05) is 6.07 Å². The summed E-state index contributed by atoms with van der Waals surface area (Å²) in [6, 6.07) is 6.58. The van der Waals surface area contributed by atoms with Crippen LogP contribution in [0, 0.1) is 0 Å². The van der Waals surface area contributed by atoms with Crippen LogP contribution in [0.2, 0.25) is 0 Å². The molecule has 5 heteroatoms.